The molecule has 0 bridgehead atoms. The van der Waals surface area contributed by atoms with Crippen LogP contribution in [0, 0.1) is 0 Å². The fourth-order valence-corrected chi connectivity index (χ4v) is 1.72. The molecule has 0 spiro atoms. The summed E-state index contributed by atoms with van der Waals surface area (Å²) < 4.78 is 5.30. The van der Waals surface area contributed by atoms with Crippen molar-refractivity contribution >= 4 is 5.91 Å². The number of carbonyl (C=O) groups excluding carboxylic acids is 1. The van der Waals surface area contributed by atoms with Gasteiger partial charge in [0.05, 0.1) is 6.61 Å². The molecule has 1 rings (SSSR count). The Labute approximate surface area is 92.0 Å². The second-order valence-corrected chi connectivity index (χ2v) is 3.85. The first kappa shape index (κ1) is 12.5. The van der Waals surface area contributed by atoms with Crippen LogP contribution >= 0.6 is 0 Å². The first-order chi connectivity index (χ1) is 7.34. The number of ether oxygens (including phenoxy) is 1. The van der Waals surface area contributed by atoms with Crippen LogP contribution in [0.25, 0.3) is 0 Å². The standard InChI is InChI=1S/C11H22N2O2/c1-2-12-6-9-15-10-11(14)13-7-4-3-5-8-13/h12H,2-10H2,1H3. The fourth-order valence-electron chi connectivity index (χ4n) is 1.72. The molecule has 1 amide bonds. The molecule has 1 heterocycles. The molecule has 1 N–H and O–H groups in total. The van der Waals surface area contributed by atoms with Crippen LogP contribution in [0.4, 0.5) is 0 Å². The molecule has 0 aliphatic carbocycles. The van der Waals surface area contributed by atoms with Crippen molar-refractivity contribution in [3.8, 4) is 0 Å². The summed E-state index contributed by atoms with van der Waals surface area (Å²) in [7, 11) is 0. The maximum absolute atomic E-state index is 11.6. The zero-order valence-electron chi connectivity index (χ0n) is 9.63. The first-order valence-corrected chi connectivity index (χ1v) is 5.91. The van der Waals surface area contributed by atoms with Gasteiger partial charge in [0, 0.05) is 19.6 Å². The molecule has 0 unspecified atom stereocenters. The van der Waals surface area contributed by atoms with Gasteiger partial charge in [0.15, 0.2) is 0 Å². The van der Waals surface area contributed by atoms with Crippen molar-refractivity contribution in [3.05, 3.63) is 0 Å². The maximum Gasteiger partial charge on any atom is 0.248 e. The van der Waals surface area contributed by atoms with Crippen LogP contribution in [0.2, 0.25) is 0 Å². The molecule has 0 aromatic heterocycles. The summed E-state index contributed by atoms with van der Waals surface area (Å²) >= 11 is 0. The third kappa shape index (κ3) is 5.14. The Morgan fingerprint density at radius 1 is 1.33 bits per heavy atom. The van der Waals surface area contributed by atoms with Crippen molar-refractivity contribution in [2.45, 2.75) is 26.2 Å². The monoisotopic (exact) mass is 214 g/mol. The zero-order valence-corrected chi connectivity index (χ0v) is 9.63. The van der Waals surface area contributed by atoms with Gasteiger partial charge in [0.1, 0.15) is 6.61 Å². The molecule has 4 heteroatoms. The van der Waals surface area contributed by atoms with Crippen molar-refractivity contribution in [2.24, 2.45) is 0 Å². The minimum absolute atomic E-state index is 0.145. The molecule has 1 aliphatic rings. The third-order valence-electron chi connectivity index (χ3n) is 2.61. The first-order valence-electron chi connectivity index (χ1n) is 5.91. The highest BCUT2D eigenvalue weighted by molar-refractivity contribution is 5.77. The van der Waals surface area contributed by atoms with Crippen LogP contribution in [0.5, 0.6) is 0 Å². The van der Waals surface area contributed by atoms with Crippen LogP contribution in [-0.2, 0) is 9.53 Å². The van der Waals surface area contributed by atoms with Crippen LogP contribution in [0.15, 0.2) is 0 Å². The van der Waals surface area contributed by atoms with Gasteiger partial charge >= 0.3 is 0 Å². The number of likely N-dealkylation sites (tertiary alicyclic amines) is 1. The van der Waals surface area contributed by atoms with Gasteiger partial charge in [-0.2, -0.15) is 0 Å². The number of carbonyl (C=O) groups is 1. The van der Waals surface area contributed by atoms with E-state index in [1.807, 2.05) is 4.90 Å². The molecule has 1 aliphatic heterocycles. The van der Waals surface area contributed by atoms with Crippen molar-refractivity contribution in [1.29, 1.82) is 0 Å². The molecule has 88 valence electrons. The lowest BCUT2D eigenvalue weighted by Crippen LogP contribution is -2.38. The van der Waals surface area contributed by atoms with Crippen LogP contribution in [-0.4, -0.2) is 50.2 Å². The van der Waals surface area contributed by atoms with Gasteiger partial charge in [0.25, 0.3) is 0 Å². The Balaban J connectivity index is 2.02. The van der Waals surface area contributed by atoms with Crippen molar-refractivity contribution in [1.82, 2.24) is 10.2 Å². The van der Waals surface area contributed by atoms with Gasteiger partial charge in [0.2, 0.25) is 5.91 Å². The lowest BCUT2D eigenvalue weighted by atomic mass is 10.1. The Hall–Kier alpha value is -0.610. The number of hydrogen-bond acceptors (Lipinski definition) is 3. The van der Waals surface area contributed by atoms with E-state index in [4.69, 9.17) is 4.74 Å². The van der Waals surface area contributed by atoms with E-state index < -0.39 is 0 Å². The molecule has 4 nitrogen and oxygen atoms in total. The van der Waals surface area contributed by atoms with E-state index in [0.717, 1.165) is 39.0 Å². The normalized spacial score (nSPS) is 16.7. The van der Waals surface area contributed by atoms with Crippen molar-refractivity contribution in [3.63, 3.8) is 0 Å². The highest BCUT2D eigenvalue weighted by atomic mass is 16.5. The Morgan fingerprint density at radius 3 is 2.73 bits per heavy atom. The second kappa shape index (κ2) is 7.65. The van der Waals surface area contributed by atoms with Gasteiger partial charge in [-0.3, -0.25) is 4.79 Å². The number of likely N-dealkylation sites (N-methyl/N-ethyl adjacent to an activating group) is 1. The van der Waals surface area contributed by atoms with E-state index >= 15 is 0 Å². The predicted molar refractivity (Wildman–Crippen MR) is 59.8 cm³/mol. The zero-order chi connectivity index (χ0) is 10.9. The predicted octanol–water partition coefficient (Wildman–Crippen LogP) is 0.625. The smallest absolute Gasteiger partial charge is 0.248 e. The SMILES string of the molecule is CCNCCOCC(=O)N1CCCCC1. The summed E-state index contributed by atoms with van der Waals surface area (Å²) in [6.07, 6.45) is 3.54. The third-order valence-corrected chi connectivity index (χ3v) is 2.61. The quantitative estimate of drug-likeness (QED) is 0.659. The summed E-state index contributed by atoms with van der Waals surface area (Å²) in [5.41, 5.74) is 0. The molecule has 0 radical (unpaired) electrons. The average Bonchev–Trinajstić information content (AvgIpc) is 2.30. The highest BCUT2D eigenvalue weighted by Crippen LogP contribution is 2.08. The number of nitrogens with one attached hydrogen (secondary N) is 1. The largest absolute Gasteiger partial charge is 0.370 e. The van der Waals surface area contributed by atoms with Crippen LogP contribution < -0.4 is 5.32 Å². The van der Waals surface area contributed by atoms with E-state index in [1.54, 1.807) is 0 Å². The number of amides is 1. The Morgan fingerprint density at radius 2 is 2.07 bits per heavy atom. The average molecular weight is 214 g/mol. The van der Waals surface area contributed by atoms with Gasteiger partial charge in [-0.1, -0.05) is 6.92 Å². The van der Waals surface area contributed by atoms with Crippen LogP contribution in [0.1, 0.15) is 26.2 Å². The number of hydrogen-bond donors (Lipinski definition) is 1. The summed E-state index contributed by atoms with van der Waals surface area (Å²) in [5, 5.41) is 3.15. The molecule has 0 saturated carbocycles. The highest BCUT2D eigenvalue weighted by Gasteiger charge is 2.15. The topological polar surface area (TPSA) is 41.6 Å². The van der Waals surface area contributed by atoms with Gasteiger partial charge < -0.3 is 15.0 Å². The Bertz CT molecular complexity index is 179. The van der Waals surface area contributed by atoms with Crippen molar-refractivity contribution in [2.75, 3.05) is 39.4 Å². The minimum atomic E-state index is 0.145. The minimum Gasteiger partial charge on any atom is -0.370 e. The van der Waals surface area contributed by atoms with Crippen LogP contribution in [0.3, 0.4) is 0 Å². The lowest BCUT2D eigenvalue weighted by molar-refractivity contribution is -0.136. The molecule has 0 aromatic rings. The second-order valence-electron chi connectivity index (χ2n) is 3.85. The maximum atomic E-state index is 11.6. The summed E-state index contributed by atoms with van der Waals surface area (Å²) in [4.78, 5) is 13.5. The van der Waals surface area contributed by atoms with E-state index in [9.17, 15) is 4.79 Å². The molecular weight excluding hydrogens is 192 g/mol. The molecule has 1 fully saturated rings. The number of nitrogens with zero attached hydrogens (tertiary/aromatic N) is 1. The molecule has 1 saturated heterocycles. The summed E-state index contributed by atoms with van der Waals surface area (Å²) in [6.45, 7) is 6.51. The lowest BCUT2D eigenvalue weighted by Gasteiger charge is -2.26. The van der Waals surface area contributed by atoms with Gasteiger partial charge in [-0.25, -0.2) is 0 Å². The fraction of sp³-hybridized carbons (Fsp3) is 0.909. The number of rotatable bonds is 6. The van der Waals surface area contributed by atoms with Gasteiger partial charge in [-0.15, -0.1) is 0 Å². The molecular formula is C11H22N2O2. The molecule has 15 heavy (non-hydrogen) atoms. The van der Waals surface area contributed by atoms with E-state index in [0.29, 0.717) is 6.61 Å². The summed E-state index contributed by atoms with van der Waals surface area (Å²) in [5.74, 6) is 0.145. The van der Waals surface area contributed by atoms with Gasteiger partial charge in [-0.05, 0) is 25.8 Å². The van der Waals surface area contributed by atoms with E-state index in [1.165, 1.54) is 6.42 Å². The summed E-state index contributed by atoms with van der Waals surface area (Å²) in [6, 6.07) is 0. The van der Waals surface area contributed by atoms with E-state index in [-0.39, 0.29) is 12.5 Å². The van der Waals surface area contributed by atoms with Crippen molar-refractivity contribution < 1.29 is 9.53 Å². The Kier molecular flexibility index (Phi) is 6.36. The molecule has 0 aromatic carbocycles. The molecule has 0 atom stereocenters. The number of piperidine rings is 1. The van der Waals surface area contributed by atoms with E-state index in [2.05, 4.69) is 12.2 Å².